The number of hydrogen-bond donors (Lipinski definition) is 1. The maximum Gasteiger partial charge on any atom is 0.230 e. The Morgan fingerprint density at radius 3 is 2.16 bits per heavy atom. The maximum atomic E-state index is 12.2. The van der Waals surface area contributed by atoms with Crippen LogP contribution in [0.4, 0.5) is 0 Å². The summed E-state index contributed by atoms with van der Waals surface area (Å²) in [6, 6.07) is 8.30. The summed E-state index contributed by atoms with van der Waals surface area (Å²) in [5, 5.41) is 3.01. The van der Waals surface area contributed by atoms with Gasteiger partial charge < -0.3 is 10.1 Å². The lowest BCUT2D eigenvalue weighted by molar-refractivity contribution is -0.129. The summed E-state index contributed by atoms with van der Waals surface area (Å²) in [4.78, 5) is 12.2. The molecule has 1 aromatic carbocycles. The van der Waals surface area contributed by atoms with Crippen molar-refractivity contribution in [2.45, 2.75) is 46.1 Å². The first kappa shape index (κ1) is 15.7. The van der Waals surface area contributed by atoms with E-state index in [9.17, 15) is 4.79 Å². The molecule has 2 rings (SSSR count). The second-order valence-electron chi connectivity index (χ2n) is 5.20. The van der Waals surface area contributed by atoms with Crippen molar-refractivity contribution in [3.05, 3.63) is 35.4 Å². The fourth-order valence-electron chi connectivity index (χ4n) is 1.79. The Morgan fingerprint density at radius 1 is 1.21 bits per heavy atom. The Labute approximate surface area is 116 Å². The average Bonchev–Trinajstić information content (AvgIpc) is 2.36. The van der Waals surface area contributed by atoms with E-state index in [0.717, 1.165) is 5.56 Å². The van der Waals surface area contributed by atoms with E-state index < -0.39 is 5.41 Å². The highest BCUT2D eigenvalue weighted by Crippen LogP contribution is 2.24. The zero-order valence-electron chi connectivity index (χ0n) is 12.6. The lowest BCUT2D eigenvalue weighted by atomic mass is 9.83. The summed E-state index contributed by atoms with van der Waals surface area (Å²) < 4.78 is 5.06. The minimum atomic E-state index is -0.497. The Morgan fingerprint density at radius 2 is 1.74 bits per heavy atom. The van der Waals surface area contributed by atoms with Crippen LogP contribution in [0.3, 0.4) is 0 Å². The largest absolute Gasteiger partial charge is 0.377 e. The van der Waals surface area contributed by atoms with Gasteiger partial charge in [0.05, 0.1) is 24.7 Å². The molecule has 0 saturated carbocycles. The highest BCUT2D eigenvalue weighted by molar-refractivity contribution is 5.87. The van der Waals surface area contributed by atoms with Gasteiger partial charge in [0, 0.05) is 0 Å². The molecule has 0 atom stereocenters. The molecule has 3 heteroatoms. The lowest BCUT2D eigenvalue weighted by Crippen LogP contribution is -2.53. The number of ether oxygens (including phenoxy) is 1. The number of nitrogens with one attached hydrogen (secondary N) is 1. The molecular weight excluding hydrogens is 238 g/mol. The van der Waals surface area contributed by atoms with Crippen molar-refractivity contribution in [1.82, 2.24) is 5.32 Å². The molecule has 1 aliphatic heterocycles. The SMILES string of the molecule is CC.Cc1ccc(C(C)(C)C(=O)NC2COC2)cc1. The number of aryl methyl sites for hydroxylation is 1. The minimum absolute atomic E-state index is 0.0645. The smallest absolute Gasteiger partial charge is 0.230 e. The first-order chi connectivity index (χ1) is 9.00. The third kappa shape index (κ3) is 3.80. The summed E-state index contributed by atoms with van der Waals surface area (Å²) >= 11 is 0. The summed E-state index contributed by atoms with van der Waals surface area (Å²) in [5.74, 6) is 0.0645. The Balaban J connectivity index is 0.000000861. The molecule has 0 unspecified atom stereocenters. The van der Waals surface area contributed by atoms with Crippen LogP contribution in [0.25, 0.3) is 0 Å². The van der Waals surface area contributed by atoms with Gasteiger partial charge in [-0.1, -0.05) is 43.7 Å². The van der Waals surface area contributed by atoms with Crippen LogP contribution in [-0.4, -0.2) is 25.2 Å². The fraction of sp³-hybridized carbons (Fsp3) is 0.562. The molecule has 1 aromatic rings. The molecule has 106 valence electrons. The van der Waals surface area contributed by atoms with Crippen LogP contribution >= 0.6 is 0 Å². The van der Waals surface area contributed by atoms with Crippen molar-refractivity contribution in [2.75, 3.05) is 13.2 Å². The topological polar surface area (TPSA) is 38.3 Å². The summed E-state index contributed by atoms with van der Waals surface area (Å²) in [7, 11) is 0. The van der Waals surface area contributed by atoms with Gasteiger partial charge in [0.2, 0.25) is 5.91 Å². The van der Waals surface area contributed by atoms with Crippen molar-refractivity contribution in [3.8, 4) is 0 Å². The molecule has 1 N–H and O–H groups in total. The third-order valence-electron chi connectivity index (χ3n) is 3.31. The third-order valence-corrected chi connectivity index (χ3v) is 3.31. The fourth-order valence-corrected chi connectivity index (χ4v) is 1.79. The molecular formula is C16H25NO2. The van der Waals surface area contributed by atoms with Gasteiger partial charge in [-0.05, 0) is 26.3 Å². The van der Waals surface area contributed by atoms with Crippen molar-refractivity contribution < 1.29 is 9.53 Å². The summed E-state index contributed by atoms with van der Waals surface area (Å²) in [6.07, 6.45) is 0. The van der Waals surface area contributed by atoms with Gasteiger partial charge in [-0.15, -0.1) is 0 Å². The maximum absolute atomic E-state index is 12.2. The molecule has 19 heavy (non-hydrogen) atoms. The molecule has 1 heterocycles. The van der Waals surface area contributed by atoms with Crippen molar-refractivity contribution >= 4 is 5.91 Å². The second kappa shape index (κ2) is 6.71. The average molecular weight is 263 g/mol. The molecule has 1 fully saturated rings. The zero-order valence-corrected chi connectivity index (χ0v) is 12.6. The van der Waals surface area contributed by atoms with Gasteiger partial charge in [-0.2, -0.15) is 0 Å². The van der Waals surface area contributed by atoms with Crippen LogP contribution in [0.2, 0.25) is 0 Å². The van der Waals surface area contributed by atoms with Gasteiger partial charge in [0.1, 0.15) is 0 Å². The zero-order chi connectivity index (χ0) is 14.5. The Bertz CT molecular complexity index is 405. The number of carbonyl (C=O) groups is 1. The van der Waals surface area contributed by atoms with E-state index >= 15 is 0 Å². The lowest BCUT2D eigenvalue weighted by Gasteiger charge is -2.32. The second-order valence-corrected chi connectivity index (χ2v) is 5.20. The summed E-state index contributed by atoms with van der Waals surface area (Å²) in [6.45, 7) is 11.2. The molecule has 0 aromatic heterocycles. The van der Waals surface area contributed by atoms with Gasteiger partial charge in [-0.25, -0.2) is 0 Å². The monoisotopic (exact) mass is 263 g/mol. The van der Waals surface area contributed by atoms with Crippen LogP contribution in [0.5, 0.6) is 0 Å². The molecule has 1 amide bonds. The van der Waals surface area contributed by atoms with Crippen LogP contribution in [0, 0.1) is 6.92 Å². The highest BCUT2D eigenvalue weighted by atomic mass is 16.5. The quantitative estimate of drug-likeness (QED) is 0.910. The Hall–Kier alpha value is -1.35. The molecule has 0 spiro atoms. The number of hydrogen-bond acceptors (Lipinski definition) is 2. The van der Waals surface area contributed by atoms with Crippen molar-refractivity contribution in [1.29, 1.82) is 0 Å². The van der Waals surface area contributed by atoms with Gasteiger partial charge in [-0.3, -0.25) is 4.79 Å². The van der Waals surface area contributed by atoms with E-state index in [-0.39, 0.29) is 11.9 Å². The van der Waals surface area contributed by atoms with Crippen molar-refractivity contribution in [3.63, 3.8) is 0 Å². The summed E-state index contributed by atoms with van der Waals surface area (Å²) in [5.41, 5.74) is 1.75. The first-order valence-electron chi connectivity index (χ1n) is 6.96. The predicted octanol–water partition coefficient (Wildman–Crippen LogP) is 2.81. The van der Waals surface area contributed by atoms with Crippen LogP contribution in [-0.2, 0) is 14.9 Å². The van der Waals surface area contributed by atoms with E-state index in [4.69, 9.17) is 4.74 Å². The molecule has 3 nitrogen and oxygen atoms in total. The molecule has 1 aliphatic rings. The van der Waals surface area contributed by atoms with Crippen molar-refractivity contribution in [2.24, 2.45) is 0 Å². The van der Waals surface area contributed by atoms with Crippen LogP contribution in [0.15, 0.2) is 24.3 Å². The van der Waals surface area contributed by atoms with Gasteiger partial charge in [0.15, 0.2) is 0 Å². The van der Waals surface area contributed by atoms with E-state index in [1.807, 2.05) is 58.9 Å². The van der Waals surface area contributed by atoms with E-state index in [1.54, 1.807) is 0 Å². The number of amides is 1. The molecule has 0 aliphatic carbocycles. The molecule has 0 radical (unpaired) electrons. The first-order valence-corrected chi connectivity index (χ1v) is 6.96. The van der Waals surface area contributed by atoms with Crippen LogP contribution < -0.4 is 5.32 Å². The number of benzene rings is 1. The standard InChI is InChI=1S/C14H19NO2.C2H6/c1-10-4-6-11(7-5-10)14(2,3)13(16)15-12-8-17-9-12;1-2/h4-7,12H,8-9H2,1-3H3,(H,15,16);1-2H3. The van der Waals surface area contributed by atoms with E-state index in [1.165, 1.54) is 5.56 Å². The van der Waals surface area contributed by atoms with Gasteiger partial charge >= 0.3 is 0 Å². The molecule has 0 bridgehead atoms. The van der Waals surface area contributed by atoms with E-state index in [0.29, 0.717) is 13.2 Å². The van der Waals surface area contributed by atoms with Crippen LogP contribution in [0.1, 0.15) is 38.8 Å². The minimum Gasteiger partial charge on any atom is -0.377 e. The Kier molecular flexibility index (Phi) is 5.55. The highest BCUT2D eigenvalue weighted by Gasteiger charge is 2.32. The predicted molar refractivity (Wildman–Crippen MR) is 78.3 cm³/mol. The molecule has 1 saturated heterocycles. The van der Waals surface area contributed by atoms with E-state index in [2.05, 4.69) is 5.32 Å². The number of carbonyl (C=O) groups excluding carboxylic acids is 1. The normalized spacial score (nSPS) is 15.0. The van der Waals surface area contributed by atoms with Gasteiger partial charge in [0.25, 0.3) is 0 Å². The number of rotatable bonds is 3.